The third-order valence-corrected chi connectivity index (χ3v) is 6.98. The summed E-state index contributed by atoms with van der Waals surface area (Å²) in [6.07, 6.45) is 2.52. The van der Waals surface area contributed by atoms with Crippen LogP contribution in [0.3, 0.4) is 0 Å². The van der Waals surface area contributed by atoms with Gasteiger partial charge in [0.15, 0.2) is 0 Å². The number of hydrogen-bond acceptors (Lipinski definition) is 1. The average molecular weight is 380 g/mol. The van der Waals surface area contributed by atoms with Gasteiger partial charge in [0.05, 0.1) is 0 Å². The molecule has 0 radical (unpaired) electrons. The fraction of sp³-hybridized carbons (Fsp3) is 0.250. The van der Waals surface area contributed by atoms with Crippen molar-refractivity contribution in [3.8, 4) is 11.1 Å². The van der Waals surface area contributed by atoms with Crippen molar-refractivity contribution in [2.75, 3.05) is 0 Å². The molecule has 0 amide bonds. The van der Waals surface area contributed by atoms with E-state index in [9.17, 15) is 0 Å². The minimum atomic E-state index is 0.966. The highest BCUT2D eigenvalue weighted by Crippen LogP contribution is 2.45. The first-order valence-electron chi connectivity index (χ1n) is 10.3. The second-order valence-electron chi connectivity index (χ2n) is 8.44. The van der Waals surface area contributed by atoms with E-state index < -0.39 is 0 Å². The fourth-order valence-electron chi connectivity index (χ4n) is 4.66. The van der Waals surface area contributed by atoms with Gasteiger partial charge in [0.25, 0.3) is 0 Å². The zero-order chi connectivity index (χ0) is 20.9. The van der Waals surface area contributed by atoms with Gasteiger partial charge in [-0.1, -0.05) is 42.0 Å². The molecule has 1 heteroatoms. The molecule has 0 fully saturated rings. The third-order valence-electron chi connectivity index (χ3n) is 6.98. The number of benzene rings is 3. The molecule has 0 atom stereocenters. The molecule has 3 aromatic carbocycles. The van der Waals surface area contributed by atoms with Gasteiger partial charge in [-0.2, -0.15) is 0 Å². The van der Waals surface area contributed by atoms with Crippen LogP contribution in [-0.2, 0) is 0 Å². The van der Waals surface area contributed by atoms with Gasteiger partial charge in [0.1, 0.15) is 0 Å². The lowest BCUT2D eigenvalue weighted by Gasteiger charge is -2.21. The van der Waals surface area contributed by atoms with Crippen LogP contribution in [0.25, 0.3) is 27.5 Å². The third kappa shape index (κ3) is 2.97. The Kier molecular flexibility index (Phi) is 4.78. The molecule has 4 rings (SSSR count). The highest BCUT2D eigenvalue weighted by atomic mass is 14.4. The van der Waals surface area contributed by atoms with Crippen molar-refractivity contribution in [3.63, 3.8) is 0 Å². The Balaban J connectivity index is 2.15. The van der Waals surface area contributed by atoms with Crippen molar-refractivity contribution < 1.29 is 0 Å². The Morgan fingerprint density at radius 2 is 1.52 bits per heavy atom. The number of hydrogen-bond donors (Lipinski definition) is 1. The minimum Gasteiger partial charge on any atom is -0.308 e. The zero-order valence-corrected chi connectivity index (χ0v) is 18.3. The van der Waals surface area contributed by atoms with Crippen molar-refractivity contribution in [2.24, 2.45) is 0 Å². The number of nitrogens with one attached hydrogen (secondary N) is 1. The smallest absolute Gasteiger partial charge is 0.0262 e. The van der Waals surface area contributed by atoms with Crippen molar-refractivity contribution in [1.29, 1.82) is 5.41 Å². The molecule has 0 aliphatic heterocycles. The predicted molar refractivity (Wildman–Crippen MR) is 127 cm³/mol. The number of fused-ring (bicyclic) bond motifs is 1. The Bertz CT molecular complexity index is 1230. The number of rotatable bonds is 3. The van der Waals surface area contributed by atoms with Crippen LogP contribution in [-0.4, -0.2) is 6.21 Å². The molecule has 0 spiro atoms. The highest BCUT2D eigenvalue weighted by Gasteiger charge is 2.24. The summed E-state index contributed by atoms with van der Waals surface area (Å²) in [5.41, 5.74) is 14.4. The van der Waals surface area contributed by atoms with Gasteiger partial charge in [0, 0.05) is 11.8 Å². The topological polar surface area (TPSA) is 23.9 Å². The van der Waals surface area contributed by atoms with Crippen LogP contribution in [0.1, 0.15) is 55.0 Å². The molecule has 1 aliphatic carbocycles. The van der Waals surface area contributed by atoms with Gasteiger partial charge in [-0.25, -0.2) is 0 Å². The number of aryl methyl sites for hydroxylation is 1. The lowest BCUT2D eigenvalue weighted by Crippen LogP contribution is -2.01. The molecule has 146 valence electrons. The van der Waals surface area contributed by atoms with Crippen LogP contribution >= 0.6 is 0 Å². The van der Waals surface area contributed by atoms with Gasteiger partial charge < -0.3 is 5.41 Å². The van der Waals surface area contributed by atoms with Crippen molar-refractivity contribution in [2.45, 2.75) is 48.0 Å². The van der Waals surface area contributed by atoms with Gasteiger partial charge in [-0.3, -0.25) is 0 Å². The van der Waals surface area contributed by atoms with E-state index in [-0.39, 0.29) is 0 Å². The lowest BCUT2D eigenvalue weighted by molar-refractivity contribution is 1.22. The first-order valence-corrected chi connectivity index (χ1v) is 10.3. The first kappa shape index (κ1) is 19.4. The summed E-state index contributed by atoms with van der Waals surface area (Å²) in [7, 11) is 0. The maximum absolute atomic E-state index is 8.32. The van der Waals surface area contributed by atoms with E-state index in [0.29, 0.717) is 0 Å². The Labute approximate surface area is 174 Å². The summed E-state index contributed by atoms with van der Waals surface area (Å²) in [6.45, 7) is 13.3. The summed E-state index contributed by atoms with van der Waals surface area (Å²) >= 11 is 0. The normalized spacial score (nSPS) is 14.3. The molecule has 0 saturated carbocycles. The fourth-order valence-corrected chi connectivity index (χ4v) is 4.66. The highest BCUT2D eigenvalue weighted by molar-refractivity contribution is 6.09. The van der Waals surface area contributed by atoms with Crippen LogP contribution in [0.2, 0.25) is 0 Å². The monoisotopic (exact) mass is 379 g/mol. The molecule has 1 nitrogen and oxygen atoms in total. The van der Waals surface area contributed by atoms with Crippen molar-refractivity contribution in [3.05, 3.63) is 87.0 Å². The molecule has 0 saturated heterocycles. The van der Waals surface area contributed by atoms with Gasteiger partial charge >= 0.3 is 0 Å². The van der Waals surface area contributed by atoms with E-state index in [4.69, 9.17) is 5.41 Å². The zero-order valence-electron chi connectivity index (χ0n) is 18.3. The molecule has 0 heterocycles. The van der Waals surface area contributed by atoms with Gasteiger partial charge in [-0.05, 0) is 115 Å². The summed E-state index contributed by atoms with van der Waals surface area (Å²) in [4.78, 5) is 0. The van der Waals surface area contributed by atoms with E-state index in [1.807, 2.05) is 0 Å². The van der Waals surface area contributed by atoms with E-state index in [1.54, 1.807) is 6.21 Å². The standard InChI is InChI=1S/C28H29N/c1-16-11-12-23(20(5)18(16)3)26-14-22-9-7-8-10-24(22)27(15-29)28(26)25-13-17(2)19(4)21(25)6/h7-12,14-15,29H,13H2,1-6H3. The van der Waals surface area contributed by atoms with Crippen molar-refractivity contribution >= 4 is 22.6 Å². The summed E-state index contributed by atoms with van der Waals surface area (Å²) < 4.78 is 0. The van der Waals surface area contributed by atoms with E-state index in [2.05, 4.69) is 84.0 Å². The molecule has 0 bridgehead atoms. The first-order chi connectivity index (χ1) is 13.8. The molecular weight excluding hydrogens is 350 g/mol. The quantitative estimate of drug-likeness (QED) is 0.447. The second kappa shape index (κ2) is 7.15. The lowest BCUT2D eigenvalue weighted by atomic mass is 9.83. The van der Waals surface area contributed by atoms with E-state index >= 15 is 0 Å². The SMILES string of the molecule is CC1=C(C)C(C)=C(c2c(-c3ccc(C)c(C)c3C)cc3ccccc3c2C=N)C1. The van der Waals surface area contributed by atoms with Gasteiger partial charge in [-0.15, -0.1) is 0 Å². The van der Waals surface area contributed by atoms with Crippen LogP contribution in [0.5, 0.6) is 0 Å². The predicted octanol–water partition coefficient (Wildman–Crippen LogP) is 7.94. The van der Waals surface area contributed by atoms with E-state index in [1.165, 1.54) is 61.1 Å². The Hall–Kier alpha value is -2.93. The van der Waals surface area contributed by atoms with Crippen LogP contribution in [0.15, 0.2) is 59.2 Å². The summed E-state index contributed by atoms with van der Waals surface area (Å²) in [6, 6.07) is 15.3. The Morgan fingerprint density at radius 1 is 0.793 bits per heavy atom. The maximum atomic E-state index is 8.32. The molecule has 1 N–H and O–H groups in total. The minimum absolute atomic E-state index is 0.966. The van der Waals surface area contributed by atoms with Gasteiger partial charge in [0.2, 0.25) is 0 Å². The van der Waals surface area contributed by atoms with Crippen LogP contribution in [0, 0.1) is 26.2 Å². The molecule has 0 unspecified atom stereocenters. The van der Waals surface area contributed by atoms with Crippen LogP contribution < -0.4 is 0 Å². The summed E-state index contributed by atoms with van der Waals surface area (Å²) in [5, 5.41) is 10.7. The Morgan fingerprint density at radius 3 is 2.17 bits per heavy atom. The number of allylic oxidation sites excluding steroid dienone is 4. The largest absolute Gasteiger partial charge is 0.308 e. The maximum Gasteiger partial charge on any atom is 0.0262 e. The summed E-state index contributed by atoms with van der Waals surface area (Å²) in [5.74, 6) is 0. The second-order valence-corrected chi connectivity index (χ2v) is 8.44. The average Bonchev–Trinajstić information content (AvgIpc) is 2.97. The molecule has 1 aliphatic rings. The molecular formula is C28H29N. The molecule has 3 aromatic rings. The van der Waals surface area contributed by atoms with Crippen molar-refractivity contribution in [1.82, 2.24) is 0 Å². The van der Waals surface area contributed by atoms with E-state index in [0.717, 1.165) is 17.4 Å². The van der Waals surface area contributed by atoms with Crippen LogP contribution in [0.4, 0.5) is 0 Å². The molecule has 29 heavy (non-hydrogen) atoms. The molecule has 0 aromatic heterocycles.